The lowest BCUT2D eigenvalue weighted by molar-refractivity contribution is -0.124. The molecule has 1 amide bonds. The molecule has 30 heavy (non-hydrogen) atoms. The summed E-state index contributed by atoms with van der Waals surface area (Å²) in [6, 6.07) is 7.54. The van der Waals surface area contributed by atoms with Crippen LogP contribution in [-0.4, -0.2) is 49.2 Å². The molecule has 0 atom stereocenters. The highest BCUT2D eigenvalue weighted by Crippen LogP contribution is 2.20. The number of aromatic nitrogens is 1. The summed E-state index contributed by atoms with van der Waals surface area (Å²) >= 11 is 0. The van der Waals surface area contributed by atoms with E-state index in [0.717, 1.165) is 11.3 Å². The number of carbonyl (C=O) groups excluding carboxylic acids is 3. The molecule has 0 aliphatic heterocycles. The second-order valence-corrected chi connectivity index (χ2v) is 7.07. The third kappa shape index (κ3) is 5.85. The number of rotatable bonds is 9. The zero-order chi connectivity index (χ0) is 22.3. The number of esters is 2. The summed E-state index contributed by atoms with van der Waals surface area (Å²) in [5.74, 6) is -0.885. The van der Waals surface area contributed by atoms with E-state index in [1.807, 2.05) is 24.3 Å². The first kappa shape index (κ1) is 23.0. The van der Waals surface area contributed by atoms with E-state index >= 15 is 0 Å². The van der Waals surface area contributed by atoms with E-state index in [1.165, 1.54) is 0 Å². The maximum absolute atomic E-state index is 12.4. The molecule has 0 aliphatic carbocycles. The molecule has 0 saturated heterocycles. The summed E-state index contributed by atoms with van der Waals surface area (Å²) in [5.41, 5.74) is 2.34. The summed E-state index contributed by atoms with van der Waals surface area (Å²) in [6.07, 6.45) is 0.307. The first-order chi connectivity index (χ1) is 14.2. The number of nitrogens with one attached hydrogen (secondary N) is 2. The first-order valence-corrected chi connectivity index (χ1v) is 9.70. The third-order valence-electron chi connectivity index (χ3n) is 4.43. The Labute approximate surface area is 175 Å². The van der Waals surface area contributed by atoms with Gasteiger partial charge in [-0.05, 0) is 51.3 Å². The monoisotopic (exact) mass is 416 g/mol. The number of hydrogen-bond acceptors (Lipinski definition) is 6. The number of aryl methyl sites for hydroxylation is 1. The van der Waals surface area contributed by atoms with Gasteiger partial charge >= 0.3 is 11.9 Å². The zero-order valence-electron chi connectivity index (χ0n) is 18.0. The quantitative estimate of drug-likeness (QED) is 0.609. The Morgan fingerprint density at radius 3 is 2.47 bits per heavy atom. The molecule has 0 aliphatic rings. The molecular formula is C22H28N2O6. The Hall–Kier alpha value is -3.29. The molecule has 1 aromatic carbocycles. The molecular weight excluding hydrogens is 388 g/mol. The van der Waals surface area contributed by atoms with E-state index in [1.54, 1.807) is 34.8 Å². The number of methoxy groups -OCH3 is 1. The van der Waals surface area contributed by atoms with E-state index in [4.69, 9.17) is 14.2 Å². The Morgan fingerprint density at radius 2 is 1.80 bits per heavy atom. The van der Waals surface area contributed by atoms with Crippen LogP contribution in [0, 0.1) is 13.8 Å². The van der Waals surface area contributed by atoms with Gasteiger partial charge in [0.1, 0.15) is 11.4 Å². The largest absolute Gasteiger partial charge is 0.496 e. The number of hydrogen-bond donors (Lipinski definition) is 2. The van der Waals surface area contributed by atoms with E-state index in [-0.39, 0.29) is 11.8 Å². The number of amides is 1. The highest BCUT2D eigenvalue weighted by atomic mass is 16.5. The van der Waals surface area contributed by atoms with Gasteiger partial charge in [-0.1, -0.05) is 18.2 Å². The lowest BCUT2D eigenvalue weighted by atomic mass is 10.1. The van der Waals surface area contributed by atoms with Crippen LogP contribution in [-0.2, 0) is 20.7 Å². The van der Waals surface area contributed by atoms with Crippen molar-refractivity contribution in [1.29, 1.82) is 0 Å². The van der Waals surface area contributed by atoms with Gasteiger partial charge in [0, 0.05) is 12.2 Å². The van der Waals surface area contributed by atoms with Crippen molar-refractivity contribution in [2.24, 2.45) is 0 Å². The van der Waals surface area contributed by atoms with Gasteiger partial charge in [0.2, 0.25) is 0 Å². The number of para-hydroxylation sites is 1. The van der Waals surface area contributed by atoms with Crippen molar-refractivity contribution >= 4 is 17.8 Å². The predicted molar refractivity (Wildman–Crippen MR) is 111 cm³/mol. The molecule has 0 radical (unpaired) electrons. The number of benzene rings is 1. The lowest BCUT2D eigenvalue weighted by Gasteiger charge is -2.09. The topological polar surface area (TPSA) is 107 Å². The summed E-state index contributed by atoms with van der Waals surface area (Å²) in [5, 5.41) is 2.70. The molecule has 2 aromatic rings. The maximum Gasteiger partial charge on any atom is 0.355 e. The normalized spacial score (nSPS) is 10.6. The van der Waals surface area contributed by atoms with Crippen molar-refractivity contribution in [3.63, 3.8) is 0 Å². The van der Waals surface area contributed by atoms with Crippen LogP contribution in [0.3, 0.4) is 0 Å². The van der Waals surface area contributed by atoms with Crippen LogP contribution in [0.4, 0.5) is 0 Å². The average molecular weight is 416 g/mol. The highest BCUT2D eigenvalue weighted by Gasteiger charge is 2.24. The van der Waals surface area contributed by atoms with Crippen molar-refractivity contribution in [1.82, 2.24) is 10.3 Å². The minimum absolute atomic E-state index is 0.130. The molecule has 1 heterocycles. The molecule has 8 nitrogen and oxygen atoms in total. The average Bonchev–Trinajstić information content (AvgIpc) is 3.00. The van der Waals surface area contributed by atoms with Gasteiger partial charge in [-0.25, -0.2) is 9.59 Å². The van der Waals surface area contributed by atoms with Gasteiger partial charge < -0.3 is 24.5 Å². The van der Waals surface area contributed by atoms with Crippen molar-refractivity contribution in [2.75, 3.05) is 20.3 Å². The van der Waals surface area contributed by atoms with Gasteiger partial charge in [0.15, 0.2) is 6.61 Å². The first-order valence-electron chi connectivity index (χ1n) is 9.70. The van der Waals surface area contributed by atoms with Crippen LogP contribution in [0.5, 0.6) is 5.75 Å². The fourth-order valence-corrected chi connectivity index (χ4v) is 3.03. The van der Waals surface area contributed by atoms with E-state index in [9.17, 15) is 14.4 Å². The van der Waals surface area contributed by atoms with Gasteiger partial charge in [-0.15, -0.1) is 0 Å². The minimum atomic E-state index is -0.709. The van der Waals surface area contributed by atoms with Crippen LogP contribution in [0.25, 0.3) is 0 Å². The lowest BCUT2D eigenvalue weighted by Crippen LogP contribution is -2.30. The molecule has 0 spiro atoms. The minimum Gasteiger partial charge on any atom is -0.496 e. The fraction of sp³-hybridized carbons (Fsp3) is 0.409. The second-order valence-electron chi connectivity index (χ2n) is 7.07. The third-order valence-corrected chi connectivity index (χ3v) is 4.43. The number of carbonyl (C=O) groups is 3. The van der Waals surface area contributed by atoms with Gasteiger partial charge in [0.25, 0.3) is 5.91 Å². The molecule has 1 aromatic heterocycles. The maximum atomic E-state index is 12.4. The fourth-order valence-electron chi connectivity index (χ4n) is 3.03. The van der Waals surface area contributed by atoms with Crippen LogP contribution in [0.1, 0.15) is 51.5 Å². The van der Waals surface area contributed by atoms with E-state index < -0.39 is 24.5 Å². The summed E-state index contributed by atoms with van der Waals surface area (Å²) < 4.78 is 15.6. The number of H-pyrrole nitrogens is 1. The number of ether oxygens (including phenoxy) is 3. The SMILES string of the molecule is COc1ccccc1CCNC(=O)COC(=O)c1[nH]c(C)c(C(=O)OC(C)C)c1C. The predicted octanol–water partition coefficient (Wildman–Crippen LogP) is 2.72. The van der Waals surface area contributed by atoms with E-state index in [2.05, 4.69) is 10.3 Å². The second kappa shape index (κ2) is 10.5. The van der Waals surface area contributed by atoms with E-state index in [0.29, 0.717) is 29.8 Å². The molecule has 2 rings (SSSR count). The van der Waals surface area contributed by atoms with Crippen LogP contribution in [0.15, 0.2) is 24.3 Å². The standard InChI is InChI=1S/C22H28N2O6/c1-13(2)30-21(26)19-14(3)20(24-15(19)4)22(27)29-12-18(25)23-11-10-16-8-6-7-9-17(16)28-5/h6-9,13,24H,10-12H2,1-5H3,(H,23,25). The van der Waals surface area contributed by atoms with Crippen molar-refractivity contribution in [3.8, 4) is 5.75 Å². The molecule has 0 fully saturated rings. The highest BCUT2D eigenvalue weighted by molar-refractivity contribution is 5.99. The molecule has 0 saturated carbocycles. The Balaban J connectivity index is 1.88. The zero-order valence-corrected chi connectivity index (χ0v) is 18.0. The number of aromatic amines is 1. The van der Waals surface area contributed by atoms with Crippen molar-refractivity contribution < 1.29 is 28.6 Å². The summed E-state index contributed by atoms with van der Waals surface area (Å²) in [4.78, 5) is 39.4. The van der Waals surface area contributed by atoms with Gasteiger partial charge in [-0.2, -0.15) is 0 Å². The smallest absolute Gasteiger partial charge is 0.355 e. The molecule has 0 bridgehead atoms. The van der Waals surface area contributed by atoms with Crippen LogP contribution >= 0.6 is 0 Å². The van der Waals surface area contributed by atoms with Crippen molar-refractivity contribution in [2.45, 2.75) is 40.2 Å². The molecule has 2 N–H and O–H groups in total. The Bertz CT molecular complexity index is 916. The van der Waals surface area contributed by atoms with Gasteiger partial charge in [-0.3, -0.25) is 4.79 Å². The van der Waals surface area contributed by atoms with Crippen LogP contribution in [0.2, 0.25) is 0 Å². The molecule has 0 unspecified atom stereocenters. The van der Waals surface area contributed by atoms with Crippen LogP contribution < -0.4 is 10.1 Å². The molecule has 8 heteroatoms. The Kier molecular flexibility index (Phi) is 8.03. The summed E-state index contributed by atoms with van der Waals surface area (Å²) in [7, 11) is 1.59. The van der Waals surface area contributed by atoms with Crippen molar-refractivity contribution in [3.05, 3.63) is 52.3 Å². The van der Waals surface area contributed by atoms with Gasteiger partial charge in [0.05, 0.1) is 18.8 Å². The Morgan fingerprint density at radius 1 is 1.10 bits per heavy atom. The molecule has 162 valence electrons. The summed E-state index contributed by atoms with van der Waals surface area (Å²) in [6.45, 7) is 6.75.